The molecule has 2 rings (SSSR count). The van der Waals surface area contributed by atoms with Gasteiger partial charge in [-0.15, -0.1) is 12.4 Å². The average molecular weight is 323 g/mol. The van der Waals surface area contributed by atoms with Gasteiger partial charge in [0.05, 0.1) is 4.90 Å². The first kappa shape index (κ1) is 17.4. The van der Waals surface area contributed by atoms with Gasteiger partial charge >= 0.3 is 0 Å². The van der Waals surface area contributed by atoms with Crippen LogP contribution in [0.1, 0.15) is 18.4 Å². The highest BCUT2D eigenvalue weighted by atomic mass is 35.5. The Hall–Kier alpha value is -0.690. The standard InChI is InChI=1S/C13H19FN2O2S.ClH/c1-9-3-6-11(7-12(9)14)19(17,18)16(2)13(8-15)10-4-5-10;/h3,6-7,10,13H,4-5,8,15H2,1-2H3;1H. The summed E-state index contributed by atoms with van der Waals surface area (Å²) in [6.07, 6.45) is 2.01. The van der Waals surface area contributed by atoms with Crippen molar-refractivity contribution in [2.24, 2.45) is 11.7 Å². The van der Waals surface area contributed by atoms with Crippen LogP contribution < -0.4 is 5.73 Å². The number of benzene rings is 1. The van der Waals surface area contributed by atoms with E-state index in [1.54, 1.807) is 6.92 Å². The Balaban J connectivity index is 0.00000200. The number of rotatable bonds is 5. The van der Waals surface area contributed by atoms with E-state index in [2.05, 4.69) is 0 Å². The van der Waals surface area contributed by atoms with Crippen LogP contribution in [0.25, 0.3) is 0 Å². The number of likely N-dealkylation sites (N-methyl/N-ethyl adjacent to an activating group) is 1. The molecule has 1 saturated carbocycles. The lowest BCUT2D eigenvalue weighted by molar-refractivity contribution is 0.340. The third-order valence-electron chi connectivity index (χ3n) is 3.69. The van der Waals surface area contributed by atoms with Crippen molar-refractivity contribution in [1.82, 2.24) is 4.31 Å². The van der Waals surface area contributed by atoms with E-state index < -0.39 is 15.8 Å². The Kier molecular flexibility index (Phi) is 5.54. The molecule has 20 heavy (non-hydrogen) atoms. The number of sulfonamides is 1. The van der Waals surface area contributed by atoms with E-state index in [1.165, 1.54) is 23.5 Å². The molecule has 0 radical (unpaired) electrons. The second kappa shape index (κ2) is 6.39. The molecule has 7 heteroatoms. The molecule has 0 bridgehead atoms. The van der Waals surface area contributed by atoms with E-state index in [1.807, 2.05) is 0 Å². The highest BCUT2D eigenvalue weighted by Gasteiger charge is 2.38. The predicted molar refractivity (Wildman–Crippen MR) is 78.9 cm³/mol. The molecule has 1 unspecified atom stereocenters. The second-order valence-corrected chi connectivity index (χ2v) is 7.07. The van der Waals surface area contributed by atoms with E-state index in [-0.39, 0.29) is 29.9 Å². The van der Waals surface area contributed by atoms with E-state index in [0.29, 0.717) is 11.5 Å². The molecule has 4 nitrogen and oxygen atoms in total. The van der Waals surface area contributed by atoms with Gasteiger partial charge in [-0.3, -0.25) is 0 Å². The van der Waals surface area contributed by atoms with Gasteiger partial charge in [-0.2, -0.15) is 4.31 Å². The van der Waals surface area contributed by atoms with Crippen molar-refractivity contribution in [1.29, 1.82) is 0 Å². The van der Waals surface area contributed by atoms with Gasteiger partial charge in [-0.1, -0.05) is 6.07 Å². The molecule has 1 aliphatic rings. The number of hydrogen-bond donors (Lipinski definition) is 1. The summed E-state index contributed by atoms with van der Waals surface area (Å²) in [4.78, 5) is -0.0165. The molecule has 0 aromatic heterocycles. The lowest BCUT2D eigenvalue weighted by atomic mass is 10.2. The molecule has 1 aliphatic carbocycles. The van der Waals surface area contributed by atoms with E-state index in [0.717, 1.165) is 18.9 Å². The molecule has 1 aromatic rings. The average Bonchev–Trinajstić information content (AvgIpc) is 3.17. The van der Waals surface area contributed by atoms with Gasteiger partial charge in [0.15, 0.2) is 0 Å². The summed E-state index contributed by atoms with van der Waals surface area (Å²) in [7, 11) is -2.16. The molecular weight excluding hydrogens is 303 g/mol. The lowest BCUT2D eigenvalue weighted by Crippen LogP contribution is -2.43. The minimum atomic E-state index is -3.68. The minimum absolute atomic E-state index is 0. The fraction of sp³-hybridized carbons (Fsp3) is 0.538. The third kappa shape index (κ3) is 3.31. The van der Waals surface area contributed by atoms with Gasteiger partial charge in [0.2, 0.25) is 10.0 Å². The Bertz CT molecular complexity index is 576. The van der Waals surface area contributed by atoms with Crippen LogP contribution in [-0.4, -0.2) is 32.4 Å². The maximum absolute atomic E-state index is 13.5. The van der Waals surface area contributed by atoms with Gasteiger partial charge in [0.1, 0.15) is 5.82 Å². The summed E-state index contributed by atoms with van der Waals surface area (Å²) in [6, 6.07) is 3.78. The smallest absolute Gasteiger partial charge is 0.243 e. The van der Waals surface area contributed by atoms with E-state index >= 15 is 0 Å². The van der Waals surface area contributed by atoms with Crippen molar-refractivity contribution >= 4 is 22.4 Å². The fourth-order valence-electron chi connectivity index (χ4n) is 2.20. The topological polar surface area (TPSA) is 63.4 Å². The highest BCUT2D eigenvalue weighted by molar-refractivity contribution is 7.89. The highest BCUT2D eigenvalue weighted by Crippen LogP contribution is 2.36. The van der Waals surface area contributed by atoms with Crippen molar-refractivity contribution in [3.63, 3.8) is 0 Å². The van der Waals surface area contributed by atoms with Crippen LogP contribution in [0.15, 0.2) is 23.1 Å². The van der Waals surface area contributed by atoms with Crippen molar-refractivity contribution in [2.45, 2.75) is 30.7 Å². The monoisotopic (exact) mass is 322 g/mol. The van der Waals surface area contributed by atoms with Crippen LogP contribution in [0, 0.1) is 18.7 Å². The van der Waals surface area contributed by atoms with Gasteiger partial charge in [-0.05, 0) is 43.4 Å². The molecule has 1 fully saturated rings. The SMILES string of the molecule is Cc1ccc(S(=O)(=O)N(C)C(CN)C2CC2)cc1F.Cl. The minimum Gasteiger partial charge on any atom is -0.329 e. The number of nitrogens with two attached hydrogens (primary N) is 1. The molecule has 0 heterocycles. The molecule has 1 aromatic carbocycles. The Morgan fingerprint density at radius 2 is 2.05 bits per heavy atom. The van der Waals surface area contributed by atoms with Gasteiger partial charge in [0, 0.05) is 19.6 Å². The lowest BCUT2D eigenvalue weighted by Gasteiger charge is -2.26. The van der Waals surface area contributed by atoms with Crippen LogP contribution in [0.3, 0.4) is 0 Å². The molecule has 0 spiro atoms. The zero-order valence-corrected chi connectivity index (χ0v) is 13.2. The van der Waals surface area contributed by atoms with E-state index in [4.69, 9.17) is 5.73 Å². The number of halogens is 2. The number of nitrogens with zero attached hydrogens (tertiary/aromatic N) is 1. The predicted octanol–water partition coefficient (Wildman–Crippen LogP) is 1.91. The first-order valence-electron chi connectivity index (χ1n) is 6.32. The summed E-state index contributed by atoms with van der Waals surface area (Å²) in [5, 5.41) is 0. The summed E-state index contributed by atoms with van der Waals surface area (Å²) >= 11 is 0. The van der Waals surface area contributed by atoms with Crippen molar-refractivity contribution in [2.75, 3.05) is 13.6 Å². The summed E-state index contributed by atoms with van der Waals surface area (Å²) in [5.41, 5.74) is 6.09. The van der Waals surface area contributed by atoms with Crippen molar-refractivity contribution in [3.8, 4) is 0 Å². The molecule has 114 valence electrons. The van der Waals surface area contributed by atoms with Gasteiger partial charge in [0.25, 0.3) is 0 Å². The van der Waals surface area contributed by atoms with Gasteiger partial charge in [-0.25, -0.2) is 12.8 Å². The maximum Gasteiger partial charge on any atom is 0.243 e. The van der Waals surface area contributed by atoms with Crippen molar-refractivity contribution < 1.29 is 12.8 Å². The summed E-state index contributed by atoms with van der Waals surface area (Å²) < 4.78 is 39.7. The number of aryl methyl sites for hydroxylation is 1. The van der Waals surface area contributed by atoms with Gasteiger partial charge < -0.3 is 5.73 Å². The Morgan fingerprint density at radius 3 is 2.50 bits per heavy atom. The third-order valence-corrected chi connectivity index (χ3v) is 5.57. The first-order valence-corrected chi connectivity index (χ1v) is 7.76. The second-order valence-electron chi connectivity index (χ2n) is 5.07. The Morgan fingerprint density at radius 1 is 1.45 bits per heavy atom. The van der Waals surface area contributed by atoms with Crippen LogP contribution >= 0.6 is 12.4 Å². The summed E-state index contributed by atoms with van der Waals surface area (Å²) in [6.45, 7) is 1.89. The molecule has 0 saturated heterocycles. The molecule has 1 atom stereocenters. The van der Waals surface area contributed by atoms with Crippen molar-refractivity contribution in [3.05, 3.63) is 29.6 Å². The largest absolute Gasteiger partial charge is 0.329 e. The molecule has 2 N–H and O–H groups in total. The molecule has 0 aliphatic heterocycles. The molecular formula is C13H20ClFN2O2S. The quantitative estimate of drug-likeness (QED) is 0.900. The van der Waals surface area contributed by atoms with E-state index in [9.17, 15) is 12.8 Å². The zero-order chi connectivity index (χ0) is 14.2. The normalized spacial score (nSPS) is 16.9. The van der Waals surface area contributed by atoms with Crippen LogP contribution in [-0.2, 0) is 10.0 Å². The molecule has 0 amide bonds. The van der Waals surface area contributed by atoms with Crippen LogP contribution in [0.2, 0.25) is 0 Å². The van der Waals surface area contributed by atoms with Crippen LogP contribution in [0.4, 0.5) is 4.39 Å². The fourth-order valence-corrected chi connectivity index (χ4v) is 3.64. The first-order chi connectivity index (χ1) is 8.87. The maximum atomic E-state index is 13.5. The summed E-state index contributed by atoms with van der Waals surface area (Å²) in [5.74, 6) is -0.176. The Labute approximate surface area is 125 Å². The van der Waals surface area contributed by atoms with Crippen LogP contribution in [0.5, 0.6) is 0 Å². The number of hydrogen-bond acceptors (Lipinski definition) is 3. The zero-order valence-electron chi connectivity index (χ0n) is 11.5.